The van der Waals surface area contributed by atoms with E-state index in [4.69, 9.17) is 5.11 Å². The highest BCUT2D eigenvalue weighted by molar-refractivity contribution is 5.84. The quantitative estimate of drug-likeness (QED) is 0.729. The number of nitrogens with one attached hydrogen (secondary N) is 1. The highest BCUT2D eigenvalue weighted by Crippen LogP contribution is 2.14. The zero-order chi connectivity index (χ0) is 14.3. The molecule has 0 aliphatic heterocycles. The number of rotatable bonds is 7. The van der Waals surface area contributed by atoms with Crippen LogP contribution < -0.4 is 5.32 Å². The number of carbonyl (C=O) groups is 2. The van der Waals surface area contributed by atoms with Crippen molar-refractivity contribution >= 4 is 11.9 Å². The Labute approximate surface area is 102 Å². The number of ether oxygens (including phenoxy) is 1. The molecule has 0 radical (unpaired) electrons. The van der Waals surface area contributed by atoms with Gasteiger partial charge in [-0.2, -0.15) is 13.2 Å². The van der Waals surface area contributed by atoms with Crippen LogP contribution in [0.1, 0.15) is 20.3 Å². The minimum atomic E-state index is -4.51. The number of halogens is 3. The maximum atomic E-state index is 11.7. The molecule has 0 aliphatic rings. The molecule has 0 fully saturated rings. The van der Waals surface area contributed by atoms with Gasteiger partial charge in [-0.1, -0.05) is 20.3 Å². The summed E-state index contributed by atoms with van der Waals surface area (Å²) in [6.45, 7) is 1.00. The summed E-state index contributed by atoms with van der Waals surface area (Å²) in [5.74, 6) is -2.44. The third kappa shape index (κ3) is 7.10. The Morgan fingerprint density at radius 1 is 1.39 bits per heavy atom. The lowest BCUT2D eigenvalue weighted by Gasteiger charge is -2.20. The summed E-state index contributed by atoms with van der Waals surface area (Å²) >= 11 is 0. The zero-order valence-corrected chi connectivity index (χ0v) is 10.1. The number of carboxylic acid groups (broad SMARTS) is 1. The topological polar surface area (TPSA) is 75.6 Å². The van der Waals surface area contributed by atoms with Gasteiger partial charge in [-0.25, -0.2) is 4.79 Å². The number of carboxylic acids is 1. The van der Waals surface area contributed by atoms with Gasteiger partial charge in [0.1, 0.15) is 19.3 Å². The fourth-order valence-electron chi connectivity index (χ4n) is 1.16. The molecule has 0 rings (SSSR count). The van der Waals surface area contributed by atoms with Crippen molar-refractivity contribution in [1.82, 2.24) is 5.32 Å². The number of amides is 1. The first-order valence-electron chi connectivity index (χ1n) is 5.34. The Kier molecular flexibility index (Phi) is 6.67. The molecule has 0 aromatic rings. The van der Waals surface area contributed by atoms with Crippen molar-refractivity contribution in [3.05, 3.63) is 0 Å². The van der Waals surface area contributed by atoms with Gasteiger partial charge in [-0.3, -0.25) is 4.79 Å². The minimum Gasteiger partial charge on any atom is -0.480 e. The van der Waals surface area contributed by atoms with Crippen molar-refractivity contribution < 1.29 is 32.6 Å². The minimum absolute atomic E-state index is 0.325. The van der Waals surface area contributed by atoms with Gasteiger partial charge in [0.15, 0.2) is 0 Å². The first-order chi connectivity index (χ1) is 8.17. The average Bonchev–Trinajstić information content (AvgIpc) is 2.22. The third-order valence-corrected chi connectivity index (χ3v) is 2.29. The zero-order valence-electron chi connectivity index (χ0n) is 10.1. The van der Waals surface area contributed by atoms with E-state index in [1.165, 1.54) is 0 Å². The predicted octanol–water partition coefficient (Wildman–Crippen LogP) is 1.18. The fraction of sp³-hybridized carbons (Fsp3) is 0.800. The lowest BCUT2D eigenvalue weighted by Crippen LogP contribution is -2.46. The molecule has 0 aliphatic carbocycles. The summed E-state index contributed by atoms with van der Waals surface area (Å²) < 4.78 is 39.3. The van der Waals surface area contributed by atoms with Gasteiger partial charge in [0.25, 0.3) is 0 Å². The van der Waals surface area contributed by atoms with Crippen molar-refractivity contribution in [3.63, 3.8) is 0 Å². The maximum Gasteiger partial charge on any atom is 0.411 e. The van der Waals surface area contributed by atoms with E-state index in [-0.39, 0.29) is 5.92 Å². The van der Waals surface area contributed by atoms with Crippen molar-refractivity contribution in [1.29, 1.82) is 0 Å². The molecule has 18 heavy (non-hydrogen) atoms. The molecule has 0 spiro atoms. The predicted molar refractivity (Wildman–Crippen MR) is 55.9 cm³/mol. The number of hydrogen-bond acceptors (Lipinski definition) is 3. The first kappa shape index (κ1) is 16.7. The Bertz CT molecular complexity index is 293. The van der Waals surface area contributed by atoms with Crippen LogP contribution in [0.25, 0.3) is 0 Å². The van der Waals surface area contributed by atoms with Gasteiger partial charge in [0, 0.05) is 0 Å². The van der Waals surface area contributed by atoms with Crippen molar-refractivity contribution in [2.75, 3.05) is 13.2 Å². The van der Waals surface area contributed by atoms with Gasteiger partial charge >= 0.3 is 12.1 Å². The monoisotopic (exact) mass is 271 g/mol. The number of hydrogen-bond donors (Lipinski definition) is 2. The van der Waals surface area contributed by atoms with Gasteiger partial charge in [-0.15, -0.1) is 0 Å². The Morgan fingerprint density at radius 3 is 2.33 bits per heavy atom. The van der Waals surface area contributed by atoms with Crippen LogP contribution in [-0.4, -0.2) is 42.4 Å². The Morgan fingerprint density at radius 2 is 1.94 bits per heavy atom. The van der Waals surface area contributed by atoms with E-state index in [1.807, 2.05) is 0 Å². The molecule has 2 atom stereocenters. The van der Waals surface area contributed by atoms with E-state index in [2.05, 4.69) is 10.1 Å². The normalized spacial score (nSPS) is 14.9. The molecule has 8 heteroatoms. The van der Waals surface area contributed by atoms with Crippen LogP contribution >= 0.6 is 0 Å². The summed E-state index contributed by atoms with van der Waals surface area (Å²) in [6.07, 6.45) is -4.00. The summed E-state index contributed by atoms with van der Waals surface area (Å²) in [7, 11) is 0. The Balaban J connectivity index is 4.15. The highest BCUT2D eigenvalue weighted by atomic mass is 19.4. The lowest BCUT2D eigenvalue weighted by molar-refractivity contribution is -0.176. The van der Waals surface area contributed by atoms with Crippen LogP contribution in [0.3, 0.4) is 0 Å². The van der Waals surface area contributed by atoms with Crippen LogP contribution in [0.15, 0.2) is 0 Å². The van der Waals surface area contributed by atoms with E-state index in [9.17, 15) is 22.8 Å². The SMILES string of the molecule is CCC(C)[C@H](NC(=O)COCC(F)(F)F)C(=O)O. The van der Waals surface area contributed by atoms with Crippen molar-refractivity contribution in [2.24, 2.45) is 5.92 Å². The van der Waals surface area contributed by atoms with Crippen LogP contribution in [0, 0.1) is 5.92 Å². The molecule has 2 N–H and O–H groups in total. The van der Waals surface area contributed by atoms with E-state index in [1.54, 1.807) is 13.8 Å². The van der Waals surface area contributed by atoms with Gasteiger partial charge in [0.2, 0.25) is 5.91 Å². The van der Waals surface area contributed by atoms with Crippen LogP contribution in [0.5, 0.6) is 0 Å². The van der Waals surface area contributed by atoms with E-state index in [0.29, 0.717) is 6.42 Å². The summed E-state index contributed by atoms with van der Waals surface area (Å²) in [6, 6.07) is -1.13. The van der Waals surface area contributed by atoms with E-state index >= 15 is 0 Å². The summed E-state index contributed by atoms with van der Waals surface area (Å²) in [5, 5.41) is 11.0. The van der Waals surface area contributed by atoms with Gasteiger partial charge in [-0.05, 0) is 5.92 Å². The van der Waals surface area contributed by atoms with Crippen LogP contribution in [0.2, 0.25) is 0 Å². The smallest absolute Gasteiger partial charge is 0.411 e. The molecule has 1 unspecified atom stereocenters. The van der Waals surface area contributed by atoms with Crippen molar-refractivity contribution in [2.45, 2.75) is 32.5 Å². The molecule has 5 nitrogen and oxygen atoms in total. The molecule has 0 heterocycles. The number of aliphatic carboxylic acids is 1. The fourth-order valence-corrected chi connectivity index (χ4v) is 1.16. The highest BCUT2D eigenvalue weighted by Gasteiger charge is 2.29. The van der Waals surface area contributed by atoms with Gasteiger partial charge in [0.05, 0.1) is 0 Å². The molecule has 0 bridgehead atoms. The van der Waals surface area contributed by atoms with E-state index < -0.39 is 37.3 Å². The second-order valence-electron chi connectivity index (χ2n) is 3.88. The summed E-state index contributed by atoms with van der Waals surface area (Å²) in [5.41, 5.74) is 0. The molecule has 0 aromatic carbocycles. The van der Waals surface area contributed by atoms with Crippen LogP contribution in [-0.2, 0) is 14.3 Å². The standard InChI is InChI=1S/C10H16F3NO4/c1-3-6(2)8(9(16)17)14-7(15)4-18-5-10(11,12)13/h6,8H,3-5H2,1-2H3,(H,14,15)(H,16,17)/t6?,8-/m0/s1. The second kappa shape index (κ2) is 7.20. The van der Waals surface area contributed by atoms with Gasteiger partial charge < -0.3 is 15.2 Å². The molecule has 0 saturated heterocycles. The maximum absolute atomic E-state index is 11.7. The van der Waals surface area contributed by atoms with Crippen molar-refractivity contribution in [3.8, 4) is 0 Å². The summed E-state index contributed by atoms with van der Waals surface area (Å²) in [4.78, 5) is 22.0. The lowest BCUT2D eigenvalue weighted by atomic mass is 9.99. The molecule has 0 saturated carbocycles. The first-order valence-corrected chi connectivity index (χ1v) is 5.34. The largest absolute Gasteiger partial charge is 0.480 e. The molecular weight excluding hydrogens is 255 g/mol. The Hall–Kier alpha value is -1.31. The molecule has 1 amide bonds. The molecule has 0 aromatic heterocycles. The van der Waals surface area contributed by atoms with E-state index in [0.717, 1.165) is 0 Å². The third-order valence-electron chi connectivity index (χ3n) is 2.29. The number of alkyl halides is 3. The number of carbonyl (C=O) groups excluding carboxylic acids is 1. The average molecular weight is 271 g/mol. The van der Waals surface area contributed by atoms with Crippen LogP contribution in [0.4, 0.5) is 13.2 Å². The molecule has 106 valence electrons. The second-order valence-corrected chi connectivity index (χ2v) is 3.88. The molecular formula is C10H16F3NO4.